The molecule has 1 heteroatoms. The Balaban J connectivity index is 2.83. The van der Waals surface area contributed by atoms with E-state index in [9.17, 15) is 0 Å². The highest BCUT2D eigenvalue weighted by Gasteiger charge is 1.96. The van der Waals surface area contributed by atoms with Gasteiger partial charge in [-0.3, -0.25) is 0 Å². The first kappa shape index (κ1) is 8.38. The highest BCUT2D eigenvalue weighted by Crippen LogP contribution is 2.08. The van der Waals surface area contributed by atoms with E-state index in [-0.39, 0.29) is 0 Å². The molecular weight excluding hydrogens is 131 g/mol. The summed E-state index contributed by atoms with van der Waals surface area (Å²) in [6.07, 6.45) is 2.24. The van der Waals surface area contributed by atoms with Gasteiger partial charge in [-0.15, -0.1) is 0 Å². The zero-order valence-corrected chi connectivity index (χ0v) is 7.30. The number of aryl methyl sites for hydroxylation is 1. The van der Waals surface area contributed by atoms with Crippen LogP contribution in [0.3, 0.4) is 0 Å². The van der Waals surface area contributed by atoms with Crippen molar-refractivity contribution >= 4 is 7.28 Å². The fourth-order valence-corrected chi connectivity index (χ4v) is 1.32. The van der Waals surface area contributed by atoms with Gasteiger partial charge >= 0.3 is 0 Å². The first-order valence-electron chi connectivity index (χ1n) is 4.23. The second-order valence-corrected chi connectivity index (χ2v) is 2.73. The van der Waals surface area contributed by atoms with E-state index in [0.717, 1.165) is 12.7 Å². The van der Waals surface area contributed by atoms with Crippen LogP contribution in [-0.2, 0) is 12.7 Å². The van der Waals surface area contributed by atoms with Crippen molar-refractivity contribution in [1.82, 2.24) is 0 Å². The molecule has 11 heavy (non-hydrogen) atoms. The van der Waals surface area contributed by atoms with Gasteiger partial charge in [0.1, 0.15) is 7.28 Å². The molecule has 0 saturated heterocycles. The van der Waals surface area contributed by atoms with E-state index in [2.05, 4.69) is 45.3 Å². The molecule has 0 saturated carbocycles. The number of benzene rings is 1. The number of hydrogen-bond acceptors (Lipinski definition) is 0. The lowest BCUT2D eigenvalue weighted by molar-refractivity contribution is 1.10. The van der Waals surface area contributed by atoms with Crippen LogP contribution >= 0.6 is 0 Å². The maximum absolute atomic E-state index is 2.21. The first-order chi connectivity index (χ1) is 5.38. The van der Waals surface area contributed by atoms with Gasteiger partial charge in [-0.2, -0.15) is 0 Å². The van der Waals surface area contributed by atoms with Gasteiger partial charge in [-0.25, -0.2) is 0 Å². The quantitative estimate of drug-likeness (QED) is 0.573. The molecule has 0 N–H and O–H groups in total. The van der Waals surface area contributed by atoms with Crippen LogP contribution in [0.5, 0.6) is 0 Å². The summed E-state index contributed by atoms with van der Waals surface area (Å²) in [6, 6.07) is 8.63. The van der Waals surface area contributed by atoms with E-state index in [0.29, 0.717) is 0 Å². The minimum Gasteiger partial charge on any atom is -0.0917 e. The summed E-state index contributed by atoms with van der Waals surface area (Å²) in [5.74, 6) is 0. The SMILES string of the molecule is C[B]Cc1ccccc1CC. The number of hydrogen-bond donors (Lipinski definition) is 0. The zero-order chi connectivity index (χ0) is 8.10. The molecule has 0 heterocycles. The van der Waals surface area contributed by atoms with Crippen LogP contribution in [0.15, 0.2) is 24.3 Å². The summed E-state index contributed by atoms with van der Waals surface area (Å²) in [5, 5.41) is 0. The Morgan fingerprint density at radius 1 is 1.18 bits per heavy atom. The number of rotatable bonds is 3. The molecule has 1 rings (SSSR count). The lowest BCUT2D eigenvalue weighted by Gasteiger charge is -2.04. The van der Waals surface area contributed by atoms with Gasteiger partial charge in [0.05, 0.1) is 0 Å². The molecule has 0 unspecified atom stereocenters. The summed E-state index contributed by atoms with van der Waals surface area (Å²) in [4.78, 5) is 0. The molecule has 0 spiro atoms. The average molecular weight is 145 g/mol. The molecule has 0 fully saturated rings. The molecule has 57 valence electrons. The molecule has 0 aliphatic carbocycles. The zero-order valence-electron chi connectivity index (χ0n) is 7.30. The van der Waals surface area contributed by atoms with Crippen LogP contribution in [0.1, 0.15) is 18.1 Å². The Kier molecular flexibility index (Phi) is 3.22. The predicted molar refractivity (Wildman–Crippen MR) is 51.1 cm³/mol. The Morgan fingerprint density at radius 3 is 2.36 bits per heavy atom. The standard InChI is InChI=1S/C10H14B/c1-3-9-6-4-5-7-10(9)8-11-2/h4-7H,3,8H2,1-2H3. The summed E-state index contributed by atoms with van der Waals surface area (Å²) in [6.45, 7) is 4.31. The molecular formula is C10H14B. The maximum atomic E-state index is 2.21. The van der Waals surface area contributed by atoms with Gasteiger partial charge in [-0.1, -0.05) is 49.9 Å². The molecule has 0 nitrogen and oxygen atoms in total. The average Bonchev–Trinajstić information content (AvgIpc) is 2.06. The lowest BCUT2D eigenvalue weighted by atomic mass is 9.74. The smallest absolute Gasteiger partial charge is 0.0917 e. The normalized spacial score (nSPS) is 9.64. The summed E-state index contributed by atoms with van der Waals surface area (Å²) in [7, 11) is 2.20. The van der Waals surface area contributed by atoms with Crippen LogP contribution in [0.2, 0.25) is 6.82 Å². The van der Waals surface area contributed by atoms with Crippen LogP contribution in [-0.4, -0.2) is 7.28 Å². The largest absolute Gasteiger partial charge is 0.111 e. The van der Waals surface area contributed by atoms with Gasteiger partial charge in [0.15, 0.2) is 0 Å². The van der Waals surface area contributed by atoms with Crippen molar-refractivity contribution in [3.8, 4) is 0 Å². The van der Waals surface area contributed by atoms with Crippen molar-refractivity contribution in [2.45, 2.75) is 26.5 Å². The highest BCUT2D eigenvalue weighted by molar-refractivity contribution is 6.32. The third kappa shape index (κ3) is 2.11. The van der Waals surface area contributed by atoms with E-state index in [1.807, 2.05) is 0 Å². The van der Waals surface area contributed by atoms with Crippen molar-refractivity contribution in [2.75, 3.05) is 0 Å². The van der Waals surface area contributed by atoms with E-state index in [1.165, 1.54) is 11.1 Å². The van der Waals surface area contributed by atoms with E-state index < -0.39 is 0 Å². The highest BCUT2D eigenvalue weighted by atomic mass is 14.0. The van der Waals surface area contributed by atoms with Crippen molar-refractivity contribution in [3.63, 3.8) is 0 Å². The molecule has 0 aromatic heterocycles. The summed E-state index contributed by atoms with van der Waals surface area (Å²) >= 11 is 0. The molecule has 1 radical (unpaired) electrons. The van der Waals surface area contributed by atoms with Crippen molar-refractivity contribution in [2.24, 2.45) is 0 Å². The Labute approximate surface area is 69.9 Å². The van der Waals surface area contributed by atoms with Gasteiger partial charge in [0.25, 0.3) is 0 Å². The van der Waals surface area contributed by atoms with E-state index in [4.69, 9.17) is 0 Å². The molecule has 1 aromatic rings. The molecule has 0 aliphatic rings. The summed E-state index contributed by atoms with van der Waals surface area (Å²) in [5.41, 5.74) is 2.95. The Hall–Kier alpha value is -0.715. The molecule has 1 aromatic carbocycles. The molecule has 0 bridgehead atoms. The lowest BCUT2D eigenvalue weighted by Crippen LogP contribution is -1.95. The second-order valence-electron chi connectivity index (χ2n) is 2.73. The fourth-order valence-electron chi connectivity index (χ4n) is 1.32. The van der Waals surface area contributed by atoms with Gasteiger partial charge < -0.3 is 0 Å². The Morgan fingerprint density at radius 2 is 1.82 bits per heavy atom. The van der Waals surface area contributed by atoms with Gasteiger partial charge in [0.2, 0.25) is 0 Å². The molecule has 0 atom stereocenters. The minimum absolute atomic E-state index is 1.10. The van der Waals surface area contributed by atoms with E-state index in [1.54, 1.807) is 0 Å². The minimum atomic E-state index is 1.10. The topological polar surface area (TPSA) is 0 Å². The van der Waals surface area contributed by atoms with Gasteiger partial charge in [0, 0.05) is 0 Å². The fraction of sp³-hybridized carbons (Fsp3) is 0.400. The first-order valence-corrected chi connectivity index (χ1v) is 4.23. The Bertz CT molecular complexity index is 218. The van der Waals surface area contributed by atoms with Crippen LogP contribution in [0.4, 0.5) is 0 Å². The van der Waals surface area contributed by atoms with Crippen LogP contribution in [0, 0.1) is 0 Å². The van der Waals surface area contributed by atoms with Gasteiger partial charge in [-0.05, 0) is 12.0 Å². The second kappa shape index (κ2) is 4.22. The van der Waals surface area contributed by atoms with E-state index >= 15 is 0 Å². The summed E-state index contributed by atoms with van der Waals surface area (Å²) < 4.78 is 0. The molecule has 0 amide bonds. The van der Waals surface area contributed by atoms with Crippen LogP contribution < -0.4 is 0 Å². The maximum Gasteiger partial charge on any atom is 0.111 e. The predicted octanol–water partition coefficient (Wildman–Crippen LogP) is 2.50. The molecule has 0 aliphatic heterocycles. The van der Waals surface area contributed by atoms with Crippen LogP contribution in [0.25, 0.3) is 0 Å². The van der Waals surface area contributed by atoms with Crippen molar-refractivity contribution in [1.29, 1.82) is 0 Å². The monoisotopic (exact) mass is 145 g/mol. The third-order valence-electron chi connectivity index (χ3n) is 1.92. The third-order valence-corrected chi connectivity index (χ3v) is 1.92. The van der Waals surface area contributed by atoms with Crippen molar-refractivity contribution in [3.05, 3.63) is 35.4 Å². The van der Waals surface area contributed by atoms with Crippen molar-refractivity contribution < 1.29 is 0 Å².